The largest absolute Gasteiger partial charge is 0.356 e. The molecule has 0 aliphatic carbocycles. The molecule has 222 valence electrons. The molecule has 0 aliphatic heterocycles. The fourth-order valence-corrected chi connectivity index (χ4v) is 6.46. The molecule has 0 unspecified atom stereocenters. The lowest BCUT2D eigenvalue weighted by Gasteiger charge is -2.19. The van der Waals surface area contributed by atoms with E-state index in [2.05, 4.69) is 30.8 Å². The number of Topliss-reactive ketones (excluding diaryl/α,β-unsaturated/α-hetero) is 1. The van der Waals surface area contributed by atoms with E-state index >= 15 is 0 Å². The molecule has 4 aromatic rings. The molecule has 0 saturated heterocycles. The first-order valence-electron chi connectivity index (χ1n) is 13.9. The summed E-state index contributed by atoms with van der Waals surface area (Å²) in [5.41, 5.74) is 3.31. The van der Waals surface area contributed by atoms with Gasteiger partial charge >= 0.3 is 0 Å². The summed E-state index contributed by atoms with van der Waals surface area (Å²) in [7, 11) is -3.75. The summed E-state index contributed by atoms with van der Waals surface area (Å²) in [5, 5.41) is 3.53. The fraction of sp³-hybridized carbons (Fsp3) is 0.333. The summed E-state index contributed by atoms with van der Waals surface area (Å²) in [6.07, 6.45) is 2.27. The number of amides is 1. The van der Waals surface area contributed by atoms with Gasteiger partial charge in [0.1, 0.15) is 0 Å². The number of hydrogen-bond donors (Lipinski definition) is 2. The van der Waals surface area contributed by atoms with Crippen LogP contribution in [0.2, 0.25) is 0 Å². The standard InChI is InChI=1S/C28H29NO3S2.C5H11NO.2H2/c1-5-9-24(30)27-26(19-10-7-6-8-11-19)23-18-21(14-17-25(23)33-27)29-34(31,32)22-15-12-20(13-16-22)28(2,3)4;1-3-4-6-5(2)7;;/h6-8,10-18,29H,5,9H2,1-4H3;3-4H2,1-2H3,(H,6,7);2*1H. The van der Waals surface area contributed by atoms with Crippen LogP contribution in [0.15, 0.2) is 77.7 Å². The van der Waals surface area contributed by atoms with Crippen molar-refractivity contribution in [3.05, 3.63) is 83.2 Å². The Balaban J connectivity index is 0.000000920. The highest BCUT2D eigenvalue weighted by Gasteiger charge is 2.21. The molecule has 0 spiro atoms. The van der Waals surface area contributed by atoms with Crippen LogP contribution in [-0.4, -0.2) is 26.7 Å². The minimum Gasteiger partial charge on any atom is -0.356 e. The number of carbonyl (C=O) groups excluding carboxylic acids is 2. The summed E-state index contributed by atoms with van der Waals surface area (Å²) in [4.78, 5) is 23.9. The van der Waals surface area contributed by atoms with Crippen molar-refractivity contribution in [2.75, 3.05) is 11.3 Å². The minimum absolute atomic E-state index is 0. The van der Waals surface area contributed by atoms with Crippen molar-refractivity contribution in [1.82, 2.24) is 5.32 Å². The molecule has 41 heavy (non-hydrogen) atoms. The number of anilines is 1. The second-order valence-electron chi connectivity index (χ2n) is 10.9. The quantitative estimate of drug-likeness (QED) is 0.189. The minimum atomic E-state index is -3.75. The first kappa shape index (κ1) is 32.0. The van der Waals surface area contributed by atoms with Gasteiger partial charge in [0.2, 0.25) is 5.91 Å². The van der Waals surface area contributed by atoms with E-state index in [0.717, 1.165) is 51.0 Å². The summed E-state index contributed by atoms with van der Waals surface area (Å²) in [5.74, 6) is 0.172. The van der Waals surface area contributed by atoms with Gasteiger partial charge in [-0.15, -0.1) is 11.3 Å². The first-order valence-corrected chi connectivity index (χ1v) is 16.2. The maximum atomic E-state index is 13.1. The molecule has 1 amide bonds. The van der Waals surface area contributed by atoms with E-state index < -0.39 is 10.0 Å². The van der Waals surface area contributed by atoms with Crippen LogP contribution in [-0.2, 0) is 20.2 Å². The van der Waals surface area contributed by atoms with Gasteiger partial charge in [-0.25, -0.2) is 8.42 Å². The average Bonchev–Trinajstić information content (AvgIpc) is 3.31. The van der Waals surface area contributed by atoms with Gasteiger partial charge in [-0.2, -0.15) is 0 Å². The molecule has 3 aromatic carbocycles. The van der Waals surface area contributed by atoms with Crippen molar-refractivity contribution in [2.24, 2.45) is 0 Å². The zero-order chi connectivity index (χ0) is 30.2. The number of benzene rings is 3. The van der Waals surface area contributed by atoms with Gasteiger partial charge in [0.05, 0.1) is 9.77 Å². The number of rotatable bonds is 9. The lowest BCUT2D eigenvalue weighted by Crippen LogP contribution is -2.19. The Morgan fingerprint density at radius 2 is 1.56 bits per heavy atom. The van der Waals surface area contributed by atoms with Gasteiger partial charge in [0, 0.05) is 44.1 Å². The van der Waals surface area contributed by atoms with Gasteiger partial charge in [-0.3, -0.25) is 14.3 Å². The lowest BCUT2D eigenvalue weighted by atomic mass is 9.87. The monoisotopic (exact) mass is 596 g/mol. The summed E-state index contributed by atoms with van der Waals surface area (Å²) in [6.45, 7) is 12.6. The van der Waals surface area contributed by atoms with Crippen molar-refractivity contribution >= 4 is 48.8 Å². The van der Waals surface area contributed by atoms with E-state index in [-0.39, 0.29) is 24.9 Å². The van der Waals surface area contributed by atoms with E-state index in [1.165, 1.54) is 18.3 Å². The highest BCUT2D eigenvalue weighted by molar-refractivity contribution is 7.92. The number of sulfonamides is 1. The Morgan fingerprint density at radius 3 is 2.10 bits per heavy atom. The molecule has 6 nitrogen and oxygen atoms in total. The Kier molecular flexibility index (Phi) is 10.9. The molecule has 0 bridgehead atoms. The number of thiophene rings is 1. The van der Waals surface area contributed by atoms with E-state index in [1.807, 2.05) is 68.4 Å². The third-order valence-corrected chi connectivity index (χ3v) is 9.00. The molecule has 2 N–H and O–H groups in total. The molecule has 8 heteroatoms. The predicted molar refractivity (Wildman–Crippen MR) is 176 cm³/mol. The number of carbonyl (C=O) groups is 2. The Labute approximate surface area is 251 Å². The summed E-state index contributed by atoms with van der Waals surface area (Å²) in [6, 6.07) is 22.3. The fourth-order valence-electron chi connectivity index (χ4n) is 4.24. The normalized spacial score (nSPS) is 11.5. The van der Waals surface area contributed by atoms with Gasteiger partial charge in [0.25, 0.3) is 10.0 Å². The number of ketones is 1. The van der Waals surface area contributed by atoms with Crippen LogP contribution in [0, 0.1) is 0 Å². The molecule has 1 aromatic heterocycles. The second kappa shape index (κ2) is 13.9. The maximum absolute atomic E-state index is 13.1. The van der Waals surface area contributed by atoms with Crippen LogP contribution in [0.3, 0.4) is 0 Å². The third kappa shape index (κ3) is 8.50. The van der Waals surface area contributed by atoms with Crippen LogP contribution in [0.4, 0.5) is 5.69 Å². The highest BCUT2D eigenvalue weighted by Crippen LogP contribution is 2.41. The highest BCUT2D eigenvalue weighted by atomic mass is 32.2. The average molecular weight is 597 g/mol. The molecule has 1 heterocycles. The van der Waals surface area contributed by atoms with Crippen LogP contribution in [0.25, 0.3) is 21.2 Å². The van der Waals surface area contributed by atoms with Crippen LogP contribution >= 0.6 is 11.3 Å². The Morgan fingerprint density at radius 1 is 0.902 bits per heavy atom. The van der Waals surface area contributed by atoms with Crippen molar-refractivity contribution in [2.45, 2.75) is 71.1 Å². The zero-order valence-electron chi connectivity index (χ0n) is 24.7. The maximum Gasteiger partial charge on any atom is 0.261 e. The van der Waals surface area contributed by atoms with E-state index in [0.29, 0.717) is 12.1 Å². The number of hydrogen-bond acceptors (Lipinski definition) is 5. The molecule has 0 radical (unpaired) electrons. The predicted octanol–water partition coefficient (Wildman–Crippen LogP) is 8.67. The summed E-state index contributed by atoms with van der Waals surface area (Å²) >= 11 is 1.47. The second-order valence-corrected chi connectivity index (χ2v) is 13.7. The van der Waals surface area contributed by atoms with Gasteiger partial charge in [0.15, 0.2) is 5.78 Å². The van der Waals surface area contributed by atoms with Crippen molar-refractivity contribution in [1.29, 1.82) is 0 Å². The zero-order valence-corrected chi connectivity index (χ0v) is 26.3. The smallest absolute Gasteiger partial charge is 0.261 e. The van der Waals surface area contributed by atoms with Gasteiger partial charge in [-0.1, -0.05) is 77.1 Å². The number of fused-ring (bicyclic) bond motifs is 1. The lowest BCUT2D eigenvalue weighted by molar-refractivity contribution is -0.118. The van der Waals surface area contributed by atoms with Gasteiger partial charge in [-0.05, 0) is 59.7 Å². The number of nitrogens with one attached hydrogen (secondary N) is 2. The SMILES string of the molecule is CCCC(=O)c1sc2ccc(NS(=O)(=O)c3ccc(C(C)(C)C)cc3)cc2c1-c1ccccc1.CCCNC(C)=O.[HH].[HH]. The molecular weight excluding hydrogens is 553 g/mol. The topological polar surface area (TPSA) is 92.3 Å². The molecule has 0 saturated carbocycles. The van der Waals surface area contributed by atoms with Crippen LogP contribution < -0.4 is 10.0 Å². The first-order chi connectivity index (χ1) is 19.4. The molecule has 4 rings (SSSR count). The molecule has 0 atom stereocenters. The Bertz CT molecular complexity index is 1600. The van der Waals surface area contributed by atoms with E-state index in [9.17, 15) is 18.0 Å². The Hall–Kier alpha value is -3.49. The van der Waals surface area contributed by atoms with Crippen molar-refractivity contribution in [3.63, 3.8) is 0 Å². The summed E-state index contributed by atoms with van der Waals surface area (Å²) < 4.78 is 29.9. The van der Waals surface area contributed by atoms with Crippen molar-refractivity contribution < 1.29 is 20.9 Å². The van der Waals surface area contributed by atoms with Gasteiger partial charge < -0.3 is 5.32 Å². The third-order valence-electron chi connectivity index (χ3n) is 6.39. The molecular formula is C33H44N2O4S2. The molecule has 0 aliphatic rings. The van der Waals surface area contributed by atoms with E-state index in [4.69, 9.17) is 0 Å². The van der Waals surface area contributed by atoms with Crippen LogP contribution in [0.5, 0.6) is 0 Å². The molecule has 0 fully saturated rings. The van der Waals surface area contributed by atoms with Crippen LogP contribution in [0.1, 0.15) is 78.9 Å². The van der Waals surface area contributed by atoms with E-state index in [1.54, 1.807) is 18.2 Å². The van der Waals surface area contributed by atoms with Crippen molar-refractivity contribution in [3.8, 4) is 11.1 Å².